The largest absolute Gasteiger partial charge is 0.481 e. The van der Waals surface area contributed by atoms with Crippen molar-refractivity contribution >= 4 is 12.1 Å². The van der Waals surface area contributed by atoms with Gasteiger partial charge in [0.2, 0.25) is 0 Å². The van der Waals surface area contributed by atoms with Gasteiger partial charge >= 0.3 is 12.1 Å². The lowest BCUT2D eigenvalue weighted by atomic mass is 9.94. The molecule has 0 heterocycles. The third-order valence-electron chi connectivity index (χ3n) is 3.22. The molecule has 0 saturated heterocycles. The highest BCUT2D eigenvalue weighted by atomic mass is 19.2. The Bertz CT molecular complexity index is 628. The summed E-state index contributed by atoms with van der Waals surface area (Å²) in [5.41, 5.74) is -1.06. The van der Waals surface area contributed by atoms with Crippen molar-refractivity contribution in [2.24, 2.45) is 5.92 Å². The van der Waals surface area contributed by atoms with E-state index in [2.05, 4.69) is 5.32 Å². The van der Waals surface area contributed by atoms with Gasteiger partial charge in [0.25, 0.3) is 0 Å². The van der Waals surface area contributed by atoms with Crippen LogP contribution in [0.25, 0.3) is 0 Å². The van der Waals surface area contributed by atoms with Gasteiger partial charge in [-0.15, -0.1) is 0 Å². The summed E-state index contributed by atoms with van der Waals surface area (Å²) in [4.78, 5) is 23.0. The lowest BCUT2D eigenvalue weighted by molar-refractivity contribution is -0.142. The van der Waals surface area contributed by atoms with E-state index in [0.717, 1.165) is 0 Å². The average Bonchev–Trinajstić information content (AvgIpc) is 2.40. The van der Waals surface area contributed by atoms with Crippen molar-refractivity contribution in [3.05, 3.63) is 35.1 Å². The number of benzene rings is 1. The average molecular weight is 347 g/mol. The van der Waals surface area contributed by atoms with Crippen molar-refractivity contribution in [1.29, 1.82) is 0 Å². The van der Waals surface area contributed by atoms with Gasteiger partial charge in [0.15, 0.2) is 11.6 Å². The summed E-state index contributed by atoms with van der Waals surface area (Å²) in [5.74, 6) is -5.98. The molecule has 1 aromatic carbocycles. The Labute approximate surface area is 137 Å². The highest BCUT2D eigenvalue weighted by Gasteiger charge is 2.29. The maximum absolute atomic E-state index is 13.8. The summed E-state index contributed by atoms with van der Waals surface area (Å²) < 4.78 is 45.1. The fourth-order valence-electron chi connectivity index (χ4n) is 1.94. The molecule has 1 aromatic rings. The predicted octanol–water partition coefficient (Wildman–Crippen LogP) is 3.26. The first-order valence-corrected chi connectivity index (χ1v) is 7.26. The Kier molecular flexibility index (Phi) is 6.22. The van der Waals surface area contributed by atoms with E-state index in [9.17, 15) is 22.8 Å². The lowest BCUT2D eigenvalue weighted by Gasteiger charge is -2.26. The molecule has 0 fully saturated rings. The van der Waals surface area contributed by atoms with Crippen LogP contribution >= 0.6 is 0 Å². The molecule has 0 bridgehead atoms. The van der Waals surface area contributed by atoms with Crippen molar-refractivity contribution in [3.8, 4) is 0 Å². The monoisotopic (exact) mass is 347 g/mol. The first-order chi connectivity index (χ1) is 10.9. The summed E-state index contributed by atoms with van der Waals surface area (Å²) >= 11 is 0. The zero-order valence-electron chi connectivity index (χ0n) is 13.8. The quantitative estimate of drug-likeness (QED) is 0.802. The number of carbonyl (C=O) groups excluding carboxylic acids is 1. The van der Waals surface area contributed by atoms with Crippen molar-refractivity contribution in [2.75, 3.05) is 0 Å². The molecule has 1 amide bonds. The number of carboxylic acid groups (broad SMARTS) is 1. The zero-order valence-corrected chi connectivity index (χ0v) is 13.8. The third-order valence-corrected chi connectivity index (χ3v) is 3.22. The number of halogens is 3. The number of alkyl carbamates (subject to hydrolysis) is 1. The van der Waals surface area contributed by atoms with Crippen LogP contribution < -0.4 is 5.32 Å². The van der Waals surface area contributed by atoms with E-state index in [1.165, 1.54) is 6.92 Å². The smallest absolute Gasteiger partial charge is 0.407 e. The van der Waals surface area contributed by atoms with E-state index in [-0.39, 0.29) is 12.0 Å². The van der Waals surface area contributed by atoms with Gasteiger partial charge in [-0.05, 0) is 45.7 Å². The first kappa shape index (κ1) is 19.8. The van der Waals surface area contributed by atoms with Crippen LogP contribution in [0.4, 0.5) is 18.0 Å². The number of hydrogen-bond donors (Lipinski definition) is 2. The van der Waals surface area contributed by atoms with Crippen molar-refractivity contribution < 1.29 is 32.6 Å². The number of aliphatic carboxylic acids is 1. The standard InChI is InChI=1S/C16H20F3NO4/c1-8(14(21)22)13(20-15(23)24-16(2,3)4)6-9-5-11(18)12(19)7-10(9)17/h5,7-8,13H,6H2,1-4H3,(H,20,23)(H,21,22). The summed E-state index contributed by atoms with van der Waals surface area (Å²) in [6.07, 6.45) is -1.22. The van der Waals surface area contributed by atoms with Gasteiger partial charge in [-0.3, -0.25) is 4.79 Å². The minimum atomic E-state index is -1.35. The molecule has 134 valence electrons. The van der Waals surface area contributed by atoms with Gasteiger partial charge in [0.05, 0.1) is 5.92 Å². The summed E-state index contributed by atoms with van der Waals surface area (Å²) in [6, 6.07) is -0.0550. The number of amides is 1. The Hall–Kier alpha value is -2.25. The molecular weight excluding hydrogens is 327 g/mol. The van der Waals surface area contributed by atoms with Gasteiger partial charge in [-0.2, -0.15) is 0 Å². The van der Waals surface area contributed by atoms with Crippen molar-refractivity contribution in [3.63, 3.8) is 0 Å². The summed E-state index contributed by atoms with van der Waals surface area (Å²) in [6.45, 7) is 6.17. The number of nitrogens with one attached hydrogen (secondary N) is 1. The second kappa shape index (κ2) is 7.55. The van der Waals surface area contributed by atoms with Crippen LogP contribution in [0.5, 0.6) is 0 Å². The Balaban J connectivity index is 3.01. The van der Waals surface area contributed by atoms with E-state index >= 15 is 0 Å². The summed E-state index contributed by atoms with van der Waals surface area (Å²) in [5, 5.41) is 11.5. The number of carboxylic acids is 1. The second-order valence-corrected chi connectivity index (χ2v) is 6.44. The Morgan fingerprint density at radius 2 is 1.71 bits per heavy atom. The van der Waals surface area contributed by atoms with Crippen molar-refractivity contribution in [2.45, 2.75) is 45.8 Å². The molecule has 0 aliphatic rings. The highest BCUT2D eigenvalue weighted by molar-refractivity contribution is 5.73. The number of rotatable bonds is 5. The molecular formula is C16H20F3NO4. The Morgan fingerprint density at radius 3 is 2.21 bits per heavy atom. The normalized spacial score (nSPS) is 14.0. The molecule has 2 unspecified atom stereocenters. The van der Waals surface area contributed by atoms with Crippen LogP contribution in [-0.2, 0) is 16.0 Å². The van der Waals surface area contributed by atoms with E-state index < -0.39 is 47.1 Å². The molecule has 0 aliphatic carbocycles. The number of carbonyl (C=O) groups is 2. The topological polar surface area (TPSA) is 75.6 Å². The van der Waals surface area contributed by atoms with Crippen LogP contribution in [0.2, 0.25) is 0 Å². The first-order valence-electron chi connectivity index (χ1n) is 7.26. The second-order valence-electron chi connectivity index (χ2n) is 6.44. The van der Waals surface area contributed by atoms with Gasteiger partial charge in [-0.25, -0.2) is 18.0 Å². The molecule has 0 aliphatic heterocycles. The SMILES string of the molecule is CC(C(=O)O)C(Cc1cc(F)c(F)cc1F)NC(=O)OC(C)(C)C. The third kappa shape index (κ3) is 5.75. The van der Waals surface area contributed by atoms with Gasteiger partial charge in [0, 0.05) is 12.1 Å². The maximum atomic E-state index is 13.8. The fraction of sp³-hybridized carbons (Fsp3) is 0.500. The van der Waals surface area contributed by atoms with Crippen LogP contribution in [0.3, 0.4) is 0 Å². The molecule has 0 saturated carbocycles. The van der Waals surface area contributed by atoms with E-state index in [1.54, 1.807) is 20.8 Å². The Morgan fingerprint density at radius 1 is 1.17 bits per heavy atom. The fourth-order valence-corrected chi connectivity index (χ4v) is 1.94. The molecule has 2 N–H and O–H groups in total. The molecule has 1 rings (SSSR count). The molecule has 24 heavy (non-hydrogen) atoms. The highest BCUT2D eigenvalue weighted by Crippen LogP contribution is 2.19. The predicted molar refractivity (Wildman–Crippen MR) is 80.0 cm³/mol. The lowest BCUT2D eigenvalue weighted by Crippen LogP contribution is -2.45. The number of hydrogen-bond acceptors (Lipinski definition) is 3. The van der Waals surface area contributed by atoms with E-state index in [0.29, 0.717) is 12.1 Å². The molecule has 2 atom stereocenters. The van der Waals surface area contributed by atoms with Crippen LogP contribution in [-0.4, -0.2) is 28.8 Å². The van der Waals surface area contributed by atoms with E-state index in [4.69, 9.17) is 9.84 Å². The molecule has 0 spiro atoms. The molecule has 5 nitrogen and oxygen atoms in total. The van der Waals surface area contributed by atoms with Crippen LogP contribution in [0.1, 0.15) is 33.3 Å². The van der Waals surface area contributed by atoms with Crippen LogP contribution in [0, 0.1) is 23.4 Å². The minimum absolute atomic E-state index is 0.247. The maximum Gasteiger partial charge on any atom is 0.407 e. The molecule has 0 aromatic heterocycles. The van der Waals surface area contributed by atoms with Crippen molar-refractivity contribution in [1.82, 2.24) is 5.32 Å². The van der Waals surface area contributed by atoms with Crippen LogP contribution in [0.15, 0.2) is 12.1 Å². The van der Waals surface area contributed by atoms with Gasteiger partial charge in [0.1, 0.15) is 11.4 Å². The minimum Gasteiger partial charge on any atom is -0.481 e. The molecule has 8 heteroatoms. The number of ether oxygens (including phenoxy) is 1. The zero-order chi connectivity index (χ0) is 18.7. The summed E-state index contributed by atoms with van der Waals surface area (Å²) in [7, 11) is 0. The van der Waals surface area contributed by atoms with Gasteiger partial charge in [-0.1, -0.05) is 0 Å². The van der Waals surface area contributed by atoms with E-state index in [1.807, 2.05) is 0 Å². The van der Waals surface area contributed by atoms with Gasteiger partial charge < -0.3 is 15.2 Å². The molecule has 0 radical (unpaired) electrons.